The van der Waals surface area contributed by atoms with E-state index in [0.29, 0.717) is 0 Å². The van der Waals surface area contributed by atoms with Crippen LogP contribution in [0.5, 0.6) is 0 Å². The fourth-order valence-corrected chi connectivity index (χ4v) is 1.88. The van der Waals surface area contributed by atoms with Crippen molar-refractivity contribution < 1.29 is 4.79 Å². The third-order valence-corrected chi connectivity index (χ3v) is 2.72. The Morgan fingerprint density at radius 3 is 2.94 bits per heavy atom. The summed E-state index contributed by atoms with van der Waals surface area (Å²) in [5, 5.41) is 3.14. The van der Waals surface area contributed by atoms with Crippen LogP contribution < -0.4 is 5.32 Å². The van der Waals surface area contributed by atoms with Gasteiger partial charge in [-0.15, -0.1) is 0 Å². The predicted octanol–water partition coefficient (Wildman–Crippen LogP) is 2.12. The second-order valence-corrected chi connectivity index (χ2v) is 3.86. The smallest absolute Gasteiger partial charge is 0.196 e. The van der Waals surface area contributed by atoms with Gasteiger partial charge in [-0.2, -0.15) is 0 Å². The monoisotopic (exact) mass is 216 g/mol. The van der Waals surface area contributed by atoms with Gasteiger partial charge in [-0.05, 0) is 37.7 Å². The number of aromatic nitrogens is 1. The minimum atomic E-state index is -0.136. The molecule has 0 fully saturated rings. The van der Waals surface area contributed by atoms with E-state index in [2.05, 4.69) is 5.32 Å². The van der Waals surface area contributed by atoms with Crippen molar-refractivity contribution in [3.8, 4) is 0 Å². The molecular weight excluding hydrogens is 200 g/mol. The third-order valence-electron chi connectivity index (χ3n) is 2.72. The Hall–Kier alpha value is -1.61. The zero-order valence-electron chi connectivity index (χ0n) is 9.60. The van der Waals surface area contributed by atoms with E-state index in [-0.39, 0.29) is 11.8 Å². The number of Topliss-reactive ketones (excluding diaryl/α,β-unsaturated/α-hetero) is 1. The number of nitrogens with zero attached hydrogens (tertiary/aromatic N) is 1. The Morgan fingerprint density at radius 2 is 2.19 bits per heavy atom. The molecule has 2 heterocycles. The minimum Gasteiger partial charge on any atom is -0.314 e. The highest BCUT2D eigenvalue weighted by Gasteiger charge is 2.16. The molecule has 0 amide bonds. The van der Waals surface area contributed by atoms with Crippen LogP contribution >= 0.6 is 0 Å². The number of nitrogens with one attached hydrogen (secondary N) is 1. The van der Waals surface area contributed by atoms with E-state index >= 15 is 0 Å². The van der Waals surface area contributed by atoms with E-state index in [1.807, 2.05) is 54.8 Å². The Kier molecular flexibility index (Phi) is 3.06. The van der Waals surface area contributed by atoms with E-state index < -0.39 is 0 Å². The maximum Gasteiger partial charge on any atom is 0.196 e. The van der Waals surface area contributed by atoms with Gasteiger partial charge in [0, 0.05) is 11.7 Å². The molecule has 1 unspecified atom stereocenters. The molecule has 0 aromatic carbocycles. The first kappa shape index (κ1) is 10.9. The topological polar surface area (TPSA) is 33.5 Å². The van der Waals surface area contributed by atoms with Crippen LogP contribution in [-0.2, 0) is 0 Å². The van der Waals surface area contributed by atoms with Gasteiger partial charge in [0.25, 0.3) is 0 Å². The van der Waals surface area contributed by atoms with Gasteiger partial charge in [0.1, 0.15) is 0 Å². The summed E-state index contributed by atoms with van der Waals surface area (Å²) in [4.78, 5) is 12.1. The number of pyridine rings is 1. The van der Waals surface area contributed by atoms with E-state index in [1.54, 1.807) is 0 Å². The van der Waals surface area contributed by atoms with Crippen LogP contribution in [0.25, 0.3) is 5.52 Å². The molecule has 0 spiro atoms. The first-order chi connectivity index (χ1) is 7.74. The Morgan fingerprint density at radius 1 is 1.38 bits per heavy atom. The summed E-state index contributed by atoms with van der Waals surface area (Å²) < 4.78 is 1.93. The number of carbonyl (C=O) groups is 1. The molecule has 0 saturated carbocycles. The Labute approximate surface area is 95.1 Å². The van der Waals surface area contributed by atoms with Gasteiger partial charge in [-0.25, -0.2) is 0 Å². The largest absolute Gasteiger partial charge is 0.314 e. The molecule has 0 bridgehead atoms. The molecule has 0 aliphatic carbocycles. The Balaban J connectivity index is 2.36. The van der Waals surface area contributed by atoms with Crippen LogP contribution in [0.15, 0.2) is 36.5 Å². The van der Waals surface area contributed by atoms with Crippen LogP contribution in [0.4, 0.5) is 0 Å². The van der Waals surface area contributed by atoms with Gasteiger partial charge in [-0.1, -0.05) is 13.0 Å². The van der Waals surface area contributed by atoms with Crippen molar-refractivity contribution >= 4 is 11.3 Å². The lowest BCUT2D eigenvalue weighted by Crippen LogP contribution is -2.34. The fraction of sp³-hybridized carbons (Fsp3) is 0.308. The second kappa shape index (κ2) is 4.49. The van der Waals surface area contributed by atoms with Gasteiger partial charge in [0.15, 0.2) is 5.78 Å². The second-order valence-electron chi connectivity index (χ2n) is 3.86. The zero-order chi connectivity index (χ0) is 11.5. The molecule has 3 heteroatoms. The van der Waals surface area contributed by atoms with Gasteiger partial charge < -0.3 is 9.72 Å². The molecule has 0 aliphatic heterocycles. The molecule has 2 aromatic rings. The van der Waals surface area contributed by atoms with E-state index in [9.17, 15) is 4.79 Å². The first-order valence-corrected chi connectivity index (χ1v) is 5.57. The minimum absolute atomic E-state index is 0.132. The van der Waals surface area contributed by atoms with Crippen LogP contribution in [0.3, 0.4) is 0 Å². The number of carbonyl (C=O) groups excluding carboxylic acids is 1. The normalized spacial score (nSPS) is 12.9. The van der Waals surface area contributed by atoms with Crippen molar-refractivity contribution in [1.29, 1.82) is 0 Å². The van der Waals surface area contributed by atoms with Crippen LogP contribution in [0.1, 0.15) is 24.3 Å². The molecule has 16 heavy (non-hydrogen) atoms. The SMILES string of the molecule is CCNC(C)C(=O)c1ccc2ccccn12. The molecule has 84 valence electrons. The van der Waals surface area contributed by atoms with Crippen molar-refractivity contribution in [2.45, 2.75) is 19.9 Å². The number of hydrogen-bond donors (Lipinski definition) is 1. The predicted molar refractivity (Wildman–Crippen MR) is 64.9 cm³/mol. The van der Waals surface area contributed by atoms with Gasteiger partial charge in [0.05, 0.1) is 11.7 Å². The van der Waals surface area contributed by atoms with E-state index in [1.165, 1.54) is 0 Å². The average Bonchev–Trinajstić information content (AvgIpc) is 2.72. The molecule has 1 atom stereocenters. The Bertz CT molecular complexity index is 501. The number of fused-ring (bicyclic) bond motifs is 1. The summed E-state index contributed by atoms with van der Waals surface area (Å²) >= 11 is 0. The number of likely N-dealkylation sites (N-methyl/N-ethyl adjacent to an activating group) is 1. The average molecular weight is 216 g/mol. The molecule has 3 nitrogen and oxygen atoms in total. The molecule has 0 aliphatic rings. The van der Waals surface area contributed by atoms with Crippen LogP contribution in [0.2, 0.25) is 0 Å². The lowest BCUT2D eigenvalue weighted by Gasteiger charge is -2.10. The van der Waals surface area contributed by atoms with Crippen LogP contribution in [-0.4, -0.2) is 22.8 Å². The summed E-state index contributed by atoms with van der Waals surface area (Å²) in [6.45, 7) is 4.70. The standard InChI is InChI=1S/C13H16N2O/c1-3-14-10(2)13(16)12-8-7-11-6-4-5-9-15(11)12/h4-10,14H,3H2,1-2H3. The van der Waals surface area contributed by atoms with Crippen molar-refractivity contribution in [3.05, 3.63) is 42.2 Å². The van der Waals surface area contributed by atoms with Gasteiger partial charge >= 0.3 is 0 Å². The highest BCUT2D eigenvalue weighted by atomic mass is 16.1. The summed E-state index contributed by atoms with van der Waals surface area (Å²) in [6.07, 6.45) is 1.92. The van der Waals surface area contributed by atoms with Crippen molar-refractivity contribution in [3.63, 3.8) is 0 Å². The molecule has 0 radical (unpaired) electrons. The zero-order valence-corrected chi connectivity index (χ0v) is 9.60. The fourth-order valence-electron chi connectivity index (χ4n) is 1.88. The van der Waals surface area contributed by atoms with Gasteiger partial charge in [-0.3, -0.25) is 4.79 Å². The molecule has 2 aromatic heterocycles. The van der Waals surface area contributed by atoms with E-state index in [0.717, 1.165) is 17.8 Å². The molecule has 2 rings (SSSR count). The number of hydrogen-bond acceptors (Lipinski definition) is 2. The summed E-state index contributed by atoms with van der Waals surface area (Å²) in [5.74, 6) is 0.132. The van der Waals surface area contributed by atoms with Crippen LogP contribution in [0, 0.1) is 0 Å². The molecular formula is C13H16N2O. The summed E-state index contributed by atoms with van der Waals surface area (Å²) in [7, 11) is 0. The summed E-state index contributed by atoms with van der Waals surface area (Å²) in [6, 6.07) is 9.61. The number of ketones is 1. The van der Waals surface area contributed by atoms with Crippen molar-refractivity contribution in [2.75, 3.05) is 6.54 Å². The lowest BCUT2D eigenvalue weighted by atomic mass is 10.1. The van der Waals surface area contributed by atoms with E-state index in [4.69, 9.17) is 0 Å². The van der Waals surface area contributed by atoms with Crippen molar-refractivity contribution in [2.24, 2.45) is 0 Å². The quantitative estimate of drug-likeness (QED) is 0.794. The molecule has 0 saturated heterocycles. The maximum atomic E-state index is 12.1. The number of rotatable bonds is 4. The first-order valence-electron chi connectivity index (χ1n) is 5.57. The highest BCUT2D eigenvalue weighted by molar-refractivity contribution is 5.99. The lowest BCUT2D eigenvalue weighted by molar-refractivity contribution is 0.0946. The van der Waals surface area contributed by atoms with Crippen molar-refractivity contribution in [1.82, 2.24) is 9.72 Å². The molecule has 1 N–H and O–H groups in total. The third kappa shape index (κ3) is 1.86. The highest BCUT2D eigenvalue weighted by Crippen LogP contribution is 2.11. The van der Waals surface area contributed by atoms with Gasteiger partial charge in [0.2, 0.25) is 0 Å². The summed E-state index contributed by atoms with van der Waals surface area (Å²) in [5.41, 5.74) is 1.79. The maximum absolute atomic E-state index is 12.1.